The lowest BCUT2D eigenvalue weighted by atomic mass is 9.75. The van der Waals surface area contributed by atoms with Gasteiger partial charge in [-0.2, -0.15) is 0 Å². The van der Waals surface area contributed by atoms with Crippen molar-refractivity contribution in [3.63, 3.8) is 0 Å². The summed E-state index contributed by atoms with van der Waals surface area (Å²) in [6.45, 7) is 1.23. The number of hydrogen-bond donors (Lipinski definition) is 1. The standard InChI is InChI=1S/C21H24N2O4/c24-19-11-17(16-7-3-4-8-18(16)22-19)21(26)27-13-20(25)23-10-9-14-5-1-2-6-15(14)12-23/h3-4,7-8,11,14-15H,1-2,5-6,9-10,12-13H2,(H,22,24)/t14-,15+/m0/s1. The predicted octanol–water partition coefficient (Wildman–Crippen LogP) is 2.72. The summed E-state index contributed by atoms with van der Waals surface area (Å²) in [4.78, 5) is 41.3. The van der Waals surface area contributed by atoms with Crippen molar-refractivity contribution in [1.29, 1.82) is 0 Å². The Morgan fingerprint density at radius 2 is 1.89 bits per heavy atom. The maximum absolute atomic E-state index is 12.5. The van der Waals surface area contributed by atoms with E-state index in [1.165, 1.54) is 31.7 Å². The van der Waals surface area contributed by atoms with Crippen molar-refractivity contribution in [2.45, 2.75) is 32.1 Å². The Balaban J connectivity index is 1.41. The van der Waals surface area contributed by atoms with Crippen molar-refractivity contribution in [3.05, 3.63) is 46.2 Å². The minimum Gasteiger partial charge on any atom is -0.452 e. The van der Waals surface area contributed by atoms with Gasteiger partial charge in [-0.15, -0.1) is 0 Å². The maximum atomic E-state index is 12.5. The Labute approximate surface area is 157 Å². The van der Waals surface area contributed by atoms with Gasteiger partial charge in [0.25, 0.3) is 5.91 Å². The Morgan fingerprint density at radius 1 is 1.11 bits per heavy atom. The molecule has 1 aromatic heterocycles. The molecule has 142 valence electrons. The lowest BCUT2D eigenvalue weighted by Gasteiger charge is -2.41. The number of para-hydroxylation sites is 1. The molecule has 2 fully saturated rings. The summed E-state index contributed by atoms with van der Waals surface area (Å²) in [5.41, 5.74) is 0.391. The number of nitrogens with one attached hydrogen (secondary N) is 1. The number of ether oxygens (including phenoxy) is 1. The van der Waals surface area contributed by atoms with Crippen molar-refractivity contribution in [2.24, 2.45) is 11.8 Å². The molecule has 1 aliphatic carbocycles. The number of benzene rings is 1. The molecule has 1 aliphatic heterocycles. The number of carbonyl (C=O) groups excluding carboxylic acids is 2. The molecule has 1 saturated heterocycles. The number of nitrogens with zero attached hydrogens (tertiary/aromatic N) is 1. The number of aromatic nitrogens is 1. The average molecular weight is 368 g/mol. The van der Waals surface area contributed by atoms with Gasteiger partial charge in [-0.25, -0.2) is 4.79 Å². The molecule has 4 rings (SSSR count). The Morgan fingerprint density at radius 3 is 2.74 bits per heavy atom. The van der Waals surface area contributed by atoms with Crippen LogP contribution in [0.5, 0.6) is 0 Å². The van der Waals surface area contributed by atoms with Crippen molar-refractivity contribution >= 4 is 22.8 Å². The lowest BCUT2D eigenvalue weighted by molar-refractivity contribution is -0.137. The molecule has 6 heteroatoms. The van der Waals surface area contributed by atoms with E-state index >= 15 is 0 Å². The van der Waals surface area contributed by atoms with Gasteiger partial charge in [0.15, 0.2) is 6.61 Å². The molecule has 2 aromatic rings. The van der Waals surface area contributed by atoms with Gasteiger partial charge >= 0.3 is 5.97 Å². The second kappa shape index (κ2) is 7.55. The number of pyridine rings is 1. The van der Waals surface area contributed by atoms with E-state index in [1.807, 2.05) is 4.90 Å². The molecule has 1 saturated carbocycles. The van der Waals surface area contributed by atoms with Gasteiger partial charge in [0, 0.05) is 30.1 Å². The molecule has 1 amide bonds. The predicted molar refractivity (Wildman–Crippen MR) is 101 cm³/mol. The molecule has 6 nitrogen and oxygen atoms in total. The molecule has 2 heterocycles. The fraction of sp³-hybridized carbons (Fsp3) is 0.476. The minimum atomic E-state index is -0.641. The van der Waals surface area contributed by atoms with Crippen LogP contribution in [0.2, 0.25) is 0 Å². The fourth-order valence-electron chi connectivity index (χ4n) is 4.50. The average Bonchev–Trinajstić information content (AvgIpc) is 2.70. The maximum Gasteiger partial charge on any atom is 0.339 e. The largest absolute Gasteiger partial charge is 0.452 e. The van der Waals surface area contributed by atoms with Crippen LogP contribution < -0.4 is 5.56 Å². The molecule has 2 aliphatic rings. The van der Waals surface area contributed by atoms with Gasteiger partial charge < -0.3 is 14.6 Å². The van der Waals surface area contributed by atoms with E-state index < -0.39 is 5.97 Å². The van der Waals surface area contributed by atoms with E-state index in [1.54, 1.807) is 24.3 Å². The number of rotatable bonds is 3. The first-order chi connectivity index (χ1) is 13.1. The molecule has 1 N–H and O–H groups in total. The lowest BCUT2D eigenvalue weighted by Crippen LogP contribution is -2.46. The van der Waals surface area contributed by atoms with Crippen molar-refractivity contribution in [2.75, 3.05) is 19.7 Å². The molecular formula is C21H24N2O4. The van der Waals surface area contributed by atoms with Gasteiger partial charge in [0.2, 0.25) is 5.56 Å². The molecule has 1 aromatic carbocycles. The topological polar surface area (TPSA) is 79.5 Å². The van der Waals surface area contributed by atoms with Gasteiger partial charge in [0.1, 0.15) is 0 Å². The van der Waals surface area contributed by atoms with Crippen LogP contribution in [0.4, 0.5) is 0 Å². The van der Waals surface area contributed by atoms with Crippen LogP contribution in [0.1, 0.15) is 42.5 Å². The summed E-state index contributed by atoms with van der Waals surface area (Å²) in [6.07, 6.45) is 6.05. The first kappa shape index (κ1) is 17.8. The minimum absolute atomic E-state index is 0.151. The SMILES string of the molecule is O=C(OCC(=O)N1CC[C@@H]2CCCC[C@@H]2C1)c1cc(=O)[nH]c2ccccc12. The highest BCUT2D eigenvalue weighted by atomic mass is 16.5. The van der Waals surface area contributed by atoms with E-state index in [-0.39, 0.29) is 23.6 Å². The molecule has 0 radical (unpaired) electrons. The number of likely N-dealkylation sites (tertiary alicyclic amines) is 1. The third kappa shape index (κ3) is 3.75. The third-order valence-corrected chi connectivity index (χ3v) is 5.94. The first-order valence-corrected chi connectivity index (χ1v) is 9.69. The van der Waals surface area contributed by atoms with Crippen LogP contribution in [0.25, 0.3) is 10.9 Å². The molecule has 27 heavy (non-hydrogen) atoms. The summed E-state index contributed by atoms with van der Waals surface area (Å²) in [5.74, 6) is 0.538. The first-order valence-electron chi connectivity index (χ1n) is 9.69. The van der Waals surface area contributed by atoms with Crippen molar-refractivity contribution < 1.29 is 14.3 Å². The monoisotopic (exact) mass is 368 g/mol. The van der Waals surface area contributed by atoms with Crippen molar-refractivity contribution in [1.82, 2.24) is 9.88 Å². The Hall–Kier alpha value is -2.63. The molecular weight excluding hydrogens is 344 g/mol. The van der Waals surface area contributed by atoms with Gasteiger partial charge in [0.05, 0.1) is 5.56 Å². The van der Waals surface area contributed by atoms with Crippen LogP contribution >= 0.6 is 0 Å². The number of hydrogen-bond acceptors (Lipinski definition) is 4. The second-order valence-corrected chi connectivity index (χ2v) is 7.60. The number of aromatic amines is 1. The number of esters is 1. The van der Waals surface area contributed by atoms with E-state index in [0.717, 1.165) is 25.4 Å². The van der Waals surface area contributed by atoms with Crippen LogP contribution in [-0.2, 0) is 9.53 Å². The van der Waals surface area contributed by atoms with E-state index in [0.29, 0.717) is 16.8 Å². The van der Waals surface area contributed by atoms with Crippen LogP contribution in [0, 0.1) is 11.8 Å². The zero-order valence-electron chi connectivity index (χ0n) is 15.3. The summed E-state index contributed by atoms with van der Waals surface area (Å²) in [7, 11) is 0. The number of H-pyrrole nitrogens is 1. The Bertz CT molecular complexity index is 920. The van der Waals surface area contributed by atoms with Crippen molar-refractivity contribution in [3.8, 4) is 0 Å². The number of fused-ring (bicyclic) bond motifs is 2. The third-order valence-electron chi connectivity index (χ3n) is 5.94. The molecule has 2 atom stereocenters. The smallest absolute Gasteiger partial charge is 0.339 e. The van der Waals surface area contributed by atoms with E-state index in [2.05, 4.69) is 4.98 Å². The number of piperidine rings is 1. The highest BCUT2D eigenvalue weighted by Gasteiger charge is 2.33. The Kier molecular flexibility index (Phi) is 4.97. The quantitative estimate of drug-likeness (QED) is 0.845. The van der Waals surface area contributed by atoms with E-state index in [4.69, 9.17) is 4.74 Å². The summed E-state index contributed by atoms with van der Waals surface area (Å²) in [6, 6.07) is 8.27. The highest BCUT2D eigenvalue weighted by Crippen LogP contribution is 2.36. The summed E-state index contributed by atoms with van der Waals surface area (Å²) < 4.78 is 5.26. The van der Waals surface area contributed by atoms with Crippen LogP contribution in [0.3, 0.4) is 0 Å². The van der Waals surface area contributed by atoms with Crippen LogP contribution in [-0.4, -0.2) is 41.5 Å². The molecule has 0 spiro atoms. The van der Waals surface area contributed by atoms with Crippen LogP contribution in [0.15, 0.2) is 35.1 Å². The molecule has 0 bridgehead atoms. The number of amides is 1. The second-order valence-electron chi connectivity index (χ2n) is 7.60. The van der Waals surface area contributed by atoms with Gasteiger partial charge in [-0.05, 0) is 30.7 Å². The van der Waals surface area contributed by atoms with Gasteiger partial charge in [-0.1, -0.05) is 37.5 Å². The van der Waals surface area contributed by atoms with E-state index in [9.17, 15) is 14.4 Å². The fourth-order valence-corrected chi connectivity index (χ4v) is 4.50. The zero-order valence-corrected chi connectivity index (χ0v) is 15.3. The summed E-state index contributed by atoms with van der Waals surface area (Å²) in [5, 5.41) is 0.609. The normalized spacial score (nSPS) is 22.3. The van der Waals surface area contributed by atoms with Gasteiger partial charge in [-0.3, -0.25) is 9.59 Å². The zero-order chi connectivity index (χ0) is 18.8. The highest BCUT2D eigenvalue weighted by molar-refractivity contribution is 6.03. The number of carbonyl (C=O) groups is 2. The summed E-state index contributed by atoms with van der Waals surface area (Å²) >= 11 is 0. The molecule has 0 unspecified atom stereocenters.